The molecule has 6 nitrogen and oxygen atoms in total. The second kappa shape index (κ2) is 7.59. The van der Waals surface area contributed by atoms with Gasteiger partial charge in [-0.3, -0.25) is 9.78 Å². The summed E-state index contributed by atoms with van der Waals surface area (Å²) < 4.78 is 0. The Balaban J connectivity index is 2.28. The summed E-state index contributed by atoms with van der Waals surface area (Å²) in [6.45, 7) is 3.97. The van der Waals surface area contributed by atoms with Gasteiger partial charge in [-0.1, -0.05) is 24.3 Å². The number of rotatable bonds is 5. The number of carbonyl (C=O) groups is 2. The summed E-state index contributed by atoms with van der Waals surface area (Å²) in [6.07, 6.45) is 3.40. The van der Waals surface area contributed by atoms with E-state index in [4.69, 9.17) is 5.73 Å². The van der Waals surface area contributed by atoms with Crippen molar-refractivity contribution >= 4 is 11.9 Å². The third-order valence-electron chi connectivity index (χ3n) is 3.94. The molecule has 0 radical (unpaired) electrons. The lowest BCUT2D eigenvalue weighted by molar-refractivity contribution is -0.121. The van der Waals surface area contributed by atoms with Crippen molar-refractivity contribution in [1.82, 2.24) is 15.2 Å². The molecule has 1 aromatic carbocycles. The van der Waals surface area contributed by atoms with E-state index in [0.717, 1.165) is 21.6 Å². The quantitative estimate of drug-likeness (QED) is 0.880. The molecule has 2 rings (SSSR count). The number of carbonyl (C=O) groups excluding carboxylic acids is 2. The molecule has 126 valence electrons. The summed E-state index contributed by atoms with van der Waals surface area (Å²) in [6, 6.07) is 8.80. The van der Waals surface area contributed by atoms with Crippen molar-refractivity contribution in [3.63, 3.8) is 0 Å². The van der Waals surface area contributed by atoms with Crippen molar-refractivity contribution in [2.75, 3.05) is 13.6 Å². The number of urea groups is 1. The number of amides is 3. The number of likely N-dealkylation sites (N-methyl/N-ethyl adjacent to an activating group) is 1. The van der Waals surface area contributed by atoms with E-state index in [9.17, 15) is 9.59 Å². The third-order valence-corrected chi connectivity index (χ3v) is 3.94. The largest absolute Gasteiger partial charge is 0.351 e. The maximum absolute atomic E-state index is 12.3. The van der Waals surface area contributed by atoms with Gasteiger partial charge in [-0.05, 0) is 42.2 Å². The van der Waals surface area contributed by atoms with Gasteiger partial charge in [0.05, 0.1) is 6.04 Å². The highest BCUT2D eigenvalue weighted by atomic mass is 16.2. The van der Waals surface area contributed by atoms with Gasteiger partial charge in [-0.15, -0.1) is 0 Å². The van der Waals surface area contributed by atoms with Gasteiger partial charge in [-0.25, -0.2) is 4.79 Å². The van der Waals surface area contributed by atoms with Crippen LogP contribution in [0.2, 0.25) is 0 Å². The standard InChI is InChI=1S/C18H22N4O2/c1-12-6-7-14(9-13(12)2)17(15-5-4-8-20-10-15)21-16(23)11-22(3)18(19)24/h4-10,17H,11H2,1-3H3,(H2,19,24)(H,21,23)/t17-/m0/s1. The Morgan fingerprint density at radius 1 is 1.21 bits per heavy atom. The summed E-state index contributed by atoms with van der Waals surface area (Å²) >= 11 is 0. The first-order chi connectivity index (χ1) is 11.4. The molecule has 0 bridgehead atoms. The van der Waals surface area contributed by atoms with Gasteiger partial charge in [0.25, 0.3) is 0 Å². The fourth-order valence-corrected chi connectivity index (χ4v) is 2.35. The summed E-state index contributed by atoms with van der Waals surface area (Å²) in [5.74, 6) is -0.289. The van der Waals surface area contributed by atoms with Crippen LogP contribution in [-0.2, 0) is 4.79 Å². The molecule has 0 saturated heterocycles. The van der Waals surface area contributed by atoms with Crippen molar-refractivity contribution in [1.29, 1.82) is 0 Å². The molecule has 2 aromatic rings. The number of aryl methyl sites for hydroxylation is 2. The zero-order valence-electron chi connectivity index (χ0n) is 14.1. The highest BCUT2D eigenvalue weighted by Gasteiger charge is 2.19. The van der Waals surface area contributed by atoms with Gasteiger partial charge in [0, 0.05) is 19.4 Å². The average molecular weight is 326 g/mol. The molecule has 0 saturated carbocycles. The Morgan fingerprint density at radius 3 is 2.54 bits per heavy atom. The molecular weight excluding hydrogens is 304 g/mol. The van der Waals surface area contributed by atoms with Crippen LogP contribution in [0.25, 0.3) is 0 Å². The molecule has 3 amide bonds. The molecule has 0 fully saturated rings. The normalized spacial score (nSPS) is 11.6. The van der Waals surface area contributed by atoms with Crippen LogP contribution in [0.3, 0.4) is 0 Å². The third kappa shape index (κ3) is 4.32. The maximum Gasteiger partial charge on any atom is 0.314 e. The monoisotopic (exact) mass is 326 g/mol. The predicted octanol–water partition coefficient (Wildman–Crippen LogP) is 1.91. The van der Waals surface area contributed by atoms with E-state index in [1.807, 2.05) is 44.2 Å². The highest BCUT2D eigenvalue weighted by Crippen LogP contribution is 2.23. The van der Waals surface area contributed by atoms with Crippen molar-refractivity contribution in [3.05, 3.63) is 65.0 Å². The number of nitrogens with zero attached hydrogens (tertiary/aromatic N) is 2. The van der Waals surface area contributed by atoms with Crippen molar-refractivity contribution in [3.8, 4) is 0 Å². The van der Waals surface area contributed by atoms with Crippen LogP contribution in [0.5, 0.6) is 0 Å². The number of nitrogens with two attached hydrogens (primary N) is 1. The highest BCUT2D eigenvalue weighted by molar-refractivity contribution is 5.83. The fraction of sp³-hybridized carbons (Fsp3) is 0.278. The number of pyridine rings is 1. The zero-order chi connectivity index (χ0) is 17.7. The molecule has 0 aliphatic rings. The molecule has 3 N–H and O–H groups in total. The fourth-order valence-electron chi connectivity index (χ4n) is 2.35. The average Bonchev–Trinajstić information content (AvgIpc) is 2.56. The summed E-state index contributed by atoms with van der Waals surface area (Å²) in [7, 11) is 1.48. The topological polar surface area (TPSA) is 88.3 Å². The number of hydrogen-bond acceptors (Lipinski definition) is 3. The van der Waals surface area contributed by atoms with Crippen LogP contribution < -0.4 is 11.1 Å². The molecular formula is C18H22N4O2. The lowest BCUT2D eigenvalue weighted by Gasteiger charge is -2.22. The summed E-state index contributed by atoms with van der Waals surface area (Å²) in [5, 5.41) is 2.95. The minimum Gasteiger partial charge on any atom is -0.351 e. The first-order valence-corrected chi connectivity index (χ1v) is 7.65. The molecule has 0 aliphatic carbocycles. The Hall–Kier alpha value is -2.89. The van der Waals surface area contributed by atoms with E-state index >= 15 is 0 Å². The van der Waals surface area contributed by atoms with Crippen molar-refractivity contribution < 1.29 is 9.59 Å². The Morgan fingerprint density at radius 2 is 1.96 bits per heavy atom. The van der Waals surface area contributed by atoms with Crippen molar-refractivity contribution in [2.45, 2.75) is 19.9 Å². The minimum atomic E-state index is -0.644. The SMILES string of the molecule is Cc1ccc([C@H](NC(=O)CN(C)C(N)=O)c2cccnc2)cc1C. The van der Waals surface area contributed by atoms with Gasteiger partial charge < -0.3 is 16.0 Å². The predicted molar refractivity (Wildman–Crippen MR) is 92.4 cm³/mol. The number of hydrogen-bond donors (Lipinski definition) is 2. The smallest absolute Gasteiger partial charge is 0.314 e. The van der Waals surface area contributed by atoms with Gasteiger partial charge in [-0.2, -0.15) is 0 Å². The number of benzene rings is 1. The Kier molecular flexibility index (Phi) is 5.52. The Labute approximate surface area is 141 Å². The van der Waals surface area contributed by atoms with E-state index in [1.54, 1.807) is 12.4 Å². The van der Waals surface area contributed by atoms with Crippen LogP contribution in [0.4, 0.5) is 4.79 Å². The van der Waals surface area contributed by atoms with Gasteiger partial charge in [0.1, 0.15) is 6.54 Å². The molecule has 0 aliphatic heterocycles. The molecule has 1 atom stereocenters. The lowest BCUT2D eigenvalue weighted by Crippen LogP contribution is -2.42. The van der Waals surface area contributed by atoms with E-state index < -0.39 is 6.03 Å². The van der Waals surface area contributed by atoms with E-state index in [0.29, 0.717) is 0 Å². The number of primary amides is 1. The number of nitrogens with one attached hydrogen (secondary N) is 1. The van der Waals surface area contributed by atoms with E-state index in [-0.39, 0.29) is 18.5 Å². The molecule has 1 heterocycles. The Bertz CT molecular complexity index is 731. The van der Waals surface area contributed by atoms with Crippen molar-refractivity contribution in [2.24, 2.45) is 5.73 Å². The van der Waals surface area contributed by atoms with E-state index in [2.05, 4.69) is 10.3 Å². The van der Waals surface area contributed by atoms with Crippen LogP contribution in [-0.4, -0.2) is 35.4 Å². The van der Waals surface area contributed by atoms with Crippen LogP contribution in [0.15, 0.2) is 42.7 Å². The zero-order valence-corrected chi connectivity index (χ0v) is 14.1. The van der Waals surface area contributed by atoms with Gasteiger partial charge >= 0.3 is 6.03 Å². The molecule has 0 unspecified atom stereocenters. The number of aromatic nitrogens is 1. The first kappa shape index (κ1) is 17.5. The molecule has 0 spiro atoms. The van der Waals surface area contributed by atoms with E-state index in [1.165, 1.54) is 12.6 Å². The minimum absolute atomic E-state index is 0.100. The van der Waals surface area contributed by atoms with Crippen LogP contribution in [0, 0.1) is 13.8 Å². The maximum atomic E-state index is 12.3. The molecule has 1 aromatic heterocycles. The first-order valence-electron chi connectivity index (χ1n) is 7.65. The summed E-state index contributed by atoms with van der Waals surface area (Å²) in [4.78, 5) is 28.7. The van der Waals surface area contributed by atoms with Gasteiger partial charge in [0.15, 0.2) is 0 Å². The lowest BCUT2D eigenvalue weighted by atomic mass is 9.96. The van der Waals surface area contributed by atoms with Crippen LogP contribution in [0.1, 0.15) is 28.3 Å². The summed E-state index contributed by atoms with van der Waals surface area (Å²) in [5.41, 5.74) is 9.33. The second-order valence-electron chi connectivity index (χ2n) is 5.82. The van der Waals surface area contributed by atoms with Crippen LogP contribution >= 0.6 is 0 Å². The molecule has 24 heavy (non-hydrogen) atoms. The second-order valence-corrected chi connectivity index (χ2v) is 5.82. The van der Waals surface area contributed by atoms with Gasteiger partial charge in [0.2, 0.25) is 5.91 Å². The molecule has 6 heteroatoms.